The molecule has 1 amide bonds. The van der Waals surface area contributed by atoms with Gasteiger partial charge in [-0.2, -0.15) is 5.10 Å². The normalized spacial score (nSPS) is 10.5. The lowest BCUT2D eigenvalue weighted by atomic mass is 10.2. The van der Waals surface area contributed by atoms with E-state index in [9.17, 15) is 4.79 Å². The first-order chi connectivity index (χ1) is 14.2. The first kappa shape index (κ1) is 18.9. The van der Waals surface area contributed by atoms with Gasteiger partial charge in [0.25, 0.3) is 5.91 Å². The summed E-state index contributed by atoms with van der Waals surface area (Å²) in [7, 11) is 0. The zero-order chi connectivity index (χ0) is 20.1. The van der Waals surface area contributed by atoms with Crippen molar-refractivity contribution in [1.29, 1.82) is 0 Å². The van der Waals surface area contributed by atoms with E-state index in [1.807, 2.05) is 54.6 Å². The average Bonchev–Trinajstić information content (AvgIpc) is 3.17. The third-order valence-corrected chi connectivity index (χ3v) is 4.71. The second kappa shape index (κ2) is 8.70. The molecule has 0 radical (unpaired) electrons. The van der Waals surface area contributed by atoms with Crippen molar-refractivity contribution in [3.8, 4) is 11.6 Å². The molecule has 2 aromatic carbocycles. The molecule has 0 bridgehead atoms. The van der Waals surface area contributed by atoms with E-state index < -0.39 is 0 Å². The summed E-state index contributed by atoms with van der Waals surface area (Å²) < 4.78 is 8.53. The molecule has 144 valence electrons. The van der Waals surface area contributed by atoms with Crippen molar-refractivity contribution in [3.63, 3.8) is 0 Å². The van der Waals surface area contributed by atoms with Crippen LogP contribution in [0.4, 0.5) is 5.82 Å². The quantitative estimate of drug-likeness (QED) is 0.443. The van der Waals surface area contributed by atoms with Crippen LogP contribution in [0.5, 0.6) is 11.6 Å². The van der Waals surface area contributed by atoms with Crippen LogP contribution in [-0.2, 0) is 6.54 Å². The van der Waals surface area contributed by atoms with Crippen molar-refractivity contribution in [2.24, 2.45) is 0 Å². The highest BCUT2D eigenvalue weighted by Gasteiger charge is 2.16. The molecule has 29 heavy (non-hydrogen) atoms. The number of hydrogen-bond acceptors (Lipinski definition) is 4. The molecule has 0 aliphatic rings. The molecule has 4 aromatic rings. The highest BCUT2D eigenvalue weighted by molar-refractivity contribution is 9.10. The minimum atomic E-state index is -0.318. The number of nitrogens with one attached hydrogen (secondary N) is 1. The maximum absolute atomic E-state index is 12.9. The monoisotopic (exact) mass is 448 g/mol. The number of anilines is 1. The summed E-state index contributed by atoms with van der Waals surface area (Å²) in [5.41, 5.74) is 1.41. The molecular formula is C22H17BrN4O2. The number of halogens is 1. The smallest absolute Gasteiger partial charge is 0.262 e. The number of carbonyl (C=O) groups excluding carboxylic acids is 1. The SMILES string of the molecule is O=C(Nc1ccnn1Cc1ccc(Br)cc1)c1cccnc1Oc1ccccc1. The fourth-order valence-corrected chi connectivity index (χ4v) is 3.02. The fourth-order valence-electron chi connectivity index (χ4n) is 2.76. The number of aromatic nitrogens is 3. The lowest BCUT2D eigenvalue weighted by Gasteiger charge is -2.12. The number of amides is 1. The maximum Gasteiger partial charge on any atom is 0.262 e. The second-order valence-electron chi connectivity index (χ2n) is 6.23. The molecule has 0 unspecified atom stereocenters. The summed E-state index contributed by atoms with van der Waals surface area (Å²) in [6.45, 7) is 0.538. The average molecular weight is 449 g/mol. The number of hydrogen-bond donors (Lipinski definition) is 1. The number of pyridine rings is 1. The van der Waals surface area contributed by atoms with Gasteiger partial charge in [0.1, 0.15) is 17.1 Å². The van der Waals surface area contributed by atoms with E-state index in [-0.39, 0.29) is 11.8 Å². The van der Waals surface area contributed by atoms with Crippen LogP contribution in [0.2, 0.25) is 0 Å². The van der Waals surface area contributed by atoms with Crippen LogP contribution in [0.3, 0.4) is 0 Å². The largest absolute Gasteiger partial charge is 0.438 e. The van der Waals surface area contributed by atoms with Crippen molar-refractivity contribution >= 4 is 27.7 Å². The van der Waals surface area contributed by atoms with Gasteiger partial charge in [-0.1, -0.05) is 46.3 Å². The Morgan fingerprint density at radius 3 is 2.55 bits per heavy atom. The van der Waals surface area contributed by atoms with Crippen LogP contribution < -0.4 is 10.1 Å². The molecule has 0 spiro atoms. The van der Waals surface area contributed by atoms with Gasteiger partial charge in [-0.15, -0.1) is 0 Å². The molecular weight excluding hydrogens is 432 g/mol. The Hall–Kier alpha value is -3.45. The second-order valence-corrected chi connectivity index (χ2v) is 7.14. The van der Waals surface area contributed by atoms with Gasteiger partial charge in [-0.3, -0.25) is 4.79 Å². The first-order valence-electron chi connectivity index (χ1n) is 8.94. The Morgan fingerprint density at radius 1 is 0.966 bits per heavy atom. The van der Waals surface area contributed by atoms with Gasteiger partial charge >= 0.3 is 0 Å². The minimum absolute atomic E-state index is 0.246. The lowest BCUT2D eigenvalue weighted by Crippen LogP contribution is -2.17. The zero-order valence-corrected chi connectivity index (χ0v) is 16.9. The van der Waals surface area contributed by atoms with Gasteiger partial charge in [0.2, 0.25) is 5.88 Å². The third kappa shape index (κ3) is 4.70. The fraction of sp³-hybridized carbons (Fsp3) is 0.0455. The number of para-hydroxylation sites is 1. The molecule has 0 saturated carbocycles. The van der Waals surface area contributed by atoms with Gasteiger partial charge < -0.3 is 10.1 Å². The predicted octanol–water partition coefficient (Wildman–Crippen LogP) is 5.13. The van der Waals surface area contributed by atoms with Crippen LogP contribution in [0, 0.1) is 0 Å². The number of carbonyl (C=O) groups is 1. The zero-order valence-electron chi connectivity index (χ0n) is 15.3. The summed E-state index contributed by atoms with van der Waals surface area (Å²) in [6.07, 6.45) is 3.24. The Kier molecular flexibility index (Phi) is 5.67. The third-order valence-electron chi connectivity index (χ3n) is 4.18. The number of rotatable bonds is 6. The molecule has 2 heterocycles. The van der Waals surface area contributed by atoms with Crippen molar-refractivity contribution in [2.45, 2.75) is 6.54 Å². The predicted molar refractivity (Wildman–Crippen MR) is 114 cm³/mol. The highest BCUT2D eigenvalue weighted by Crippen LogP contribution is 2.23. The molecule has 0 aliphatic carbocycles. The molecule has 6 nitrogen and oxygen atoms in total. The van der Waals surface area contributed by atoms with Crippen molar-refractivity contribution in [2.75, 3.05) is 5.32 Å². The van der Waals surface area contributed by atoms with Gasteiger partial charge in [-0.05, 0) is 42.0 Å². The van der Waals surface area contributed by atoms with E-state index in [0.717, 1.165) is 10.0 Å². The Morgan fingerprint density at radius 2 is 1.76 bits per heavy atom. The summed E-state index contributed by atoms with van der Waals surface area (Å²) in [5, 5.41) is 7.21. The number of nitrogens with zero attached hydrogens (tertiary/aromatic N) is 3. The van der Waals surface area contributed by atoms with Crippen molar-refractivity contribution in [3.05, 3.63) is 101 Å². The summed E-state index contributed by atoms with van der Waals surface area (Å²) in [4.78, 5) is 17.1. The molecule has 0 fully saturated rings. The van der Waals surface area contributed by atoms with Crippen molar-refractivity contribution < 1.29 is 9.53 Å². The van der Waals surface area contributed by atoms with E-state index in [1.165, 1.54) is 0 Å². The number of ether oxygens (including phenoxy) is 1. The van der Waals surface area contributed by atoms with Crippen LogP contribution in [0.1, 0.15) is 15.9 Å². The van der Waals surface area contributed by atoms with Crippen LogP contribution in [0.15, 0.2) is 89.7 Å². The number of benzene rings is 2. The van der Waals surface area contributed by atoms with Crippen molar-refractivity contribution in [1.82, 2.24) is 14.8 Å². The molecule has 0 saturated heterocycles. The lowest BCUT2D eigenvalue weighted by molar-refractivity contribution is 0.102. The molecule has 4 rings (SSSR count). The molecule has 2 aromatic heterocycles. The van der Waals surface area contributed by atoms with Crippen LogP contribution in [-0.4, -0.2) is 20.7 Å². The van der Waals surface area contributed by atoms with E-state index in [2.05, 4.69) is 31.3 Å². The topological polar surface area (TPSA) is 69.0 Å². The van der Waals surface area contributed by atoms with E-state index >= 15 is 0 Å². The molecule has 0 atom stereocenters. The molecule has 1 N–H and O–H groups in total. The molecule has 7 heteroatoms. The summed E-state index contributed by atoms with van der Waals surface area (Å²) in [5.74, 6) is 1.13. The van der Waals surface area contributed by atoms with Gasteiger partial charge in [0.05, 0.1) is 12.7 Å². The Bertz CT molecular complexity index is 1110. The summed E-state index contributed by atoms with van der Waals surface area (Å²) in [6, 6.07) is 22.3. The van der Waals surface area contributed by atoms with Gasteiger partial charge in [0, 0.05) is 16.7 Å². The Balaban J connectivity index is 1.52. The standard InChI is InChI=1S/C22H17BrN4O2/c23-17-10-8-16(9-11-17)15-27-20(12-14-25-27)26-21(28)19-7-4-13-24-22(19)29-18-5-2-1-3-6-18/h1-14H,15H2,(H,26,28). The highest BCUT2D eigenvalue weighted by atomic mass is 79.9. The van der Waals surface area contributed by atoms with Gasteiger partial charge in [-0.25, -0.2) is 9.67 Å². The van der Waals surface area contributed by atoms with Crippen LogP contribution >= 0.6 is 15.9 Å². The Labute approximate surface area is 176 Å². The van der Waals surface area contributed by atoms with E-state index in [1.54, 1.807) is 35.3 Å². The van der Waals surface area contributed by atoms with E-state index in [4.69, 9.17) is 4.74 Å². The summed E-state index contributed by atoms with van der Waals surface area (Å²) >= 11 is 3.43. The van der Waals surface area contributed by atoms with E-state index in [0.29, 0.717) is 23.7 Å². The molecule has 0 aliphatic heterocycles. The minimum Gasteiger partial charge on any atom is -0.438 e. The maximum atomic E-state index is 12.9. The van der Waals surface area contributed by atoms with Crippen LogP contribution in [0.25, 0.3) is 0 Å². The van der Waals surface area contributed by atoms with Gasteiger partial charge in [0.15, 0.2) is 0 Å². The first-order valence-corrected chi connectivity index (χ1v) is 9.74.